The highest BCUT2D eigenvalue weighted by Crippen LogP contribution is 2.73. The minimum atomic E-state index is -0.665. The Hall–Kier alpha value is -2.22. The van der Waals surface area contributed by atoms with Crippen molar-refractivity contribution < 1.29 is 14.4 Å². The average molecular weight is 505 g/mol. The molecule has 0 saturated heterocycles. The van der Waals surface area contributed by atoms with Gasteiger partial charge in [0.25, 0.3) is 0 Å². The Morgan fingerprint density at radius 3 is 2.30 bits per heavy atom. The van der Waals surface area contributed by atoms with Gasteiger partial charge in [-0.05, 0) is 78.6 Å². The third kappa shape index (κ3) is 3.29. The van der Waals surface area contributed by atoms with Gasteiger partial charge in [0.15, 0.2) is 11.6 Å². The van der Waals surface area contributed by atoms with Crippen molar-refractivity contribution in [3.05, 3.63) is 34.8 Å². The summed E-state index contributed by atoms with van der Waals surface area (Å²) in [5.41, 5.74) is -0.425. The Balaban J connectivity index is 1.71. The number of hydrogen-bond acceptors (Lipinski definition) is 3. The van der Waals surface area contributed by atoms with Crippen molar-refractivity contribution in [2.75, 3.05) is 7.05 Å². The van der Waals surface area contributed by atoms with Crippen molar-refractivity contribution in [3.63, 3.8) is 0 Å². The van der Waals surface area contributed by atoms with E-state index in [1.165, 1.54) is 0 Å². The second kappa shape index (κ2) is 7.90. The van der Waals surface area contributed by atoms with E-state index in [1.807, 2.05) is 26.0 Å². The molecule has 5 heteroatoms. The molecule has 3 unspecified atom stereocenters. The van der Waals surface area contributed by atoms with Gasteiger partial charge >= 0.3 is 0 Å². The largest absolute Gasteiger partial charge is 0.359 e. The zero-order chi connectivity index (χ0) is 27.3. The van der Waals surface area contributed by atoms with Crippen molar-refractivity contribution in [2.45, 2.75) is 87.0 Å². The average Bonchev–Trinajstić information content (AvgIpc) is 2.81. The minimum Gasteiger partial charge on any atom is -0.359 e. The number of nitrogens with zero attached hydrogens (tertiary/aromatic N) is 1. The fourth-order valence-corrected chi connectivity index (χ4v) is 10.3. The number of rotatable bonds is 1. The van der Waals surface area contributed by atoms with Gasteiger partial charge in [-0.1, -0.05) is 60.1 Å². The number of ketones is 2. The first kappa shape index (κ1) is 26.4. The van der Waals surface area contributed by atoms with Crippen molar-refractivity contribution in [2.24, 2.45) is 56.7 Å². The van der Waals surface area contributed by atoms with E-state index >= 15 is 0 Å². The fourth-order valence-electron chi connectivity index (χ4n) is 10.3. The summed E-state index contributed by atoms with van der Waals surface area (Å²) < 4.78 is 0. The third-order valence-corrected chi connectivity index (χ3v) is 12.3. The van der Waals surface area contributed by atoms with Gasteiger partial charge in [-0.2, -0.15) is 0 Å². The normalized spacial score (nSPS) is 45.6. The lowest BCUT2D eigenvalue weighted by atomic mass is 9.35. The van der Waals surface area contributed by atoms with Gasteiger partial charge in [0.1, 0.15) is 0 Å². The van der Waals surface area contributed by atoms with E-state index in [4.69, 9.17) is 6.57 Å². The van der Waals surface area contributed by atoms with Crippen molar-refractivity contribution in [3.8, 4) is 0 Å². The predicted octanol–water partition coefficient (Wildman–Crippen LogP) is 6.16. The van der Waals surface area contributed by atoms with Gasteiger partial charge in [0, 0.05) is 29.7 Å². The Morgan fingerprint density at radius 2 is 1.68 bits per heavy atom. The van der Waals surface area contributed by atoms with Crippen LogP contribution in [0.5, 0.6) is 0 Å². The van der Waals surface area contributed by atoms with Crippen LogP contribution in [0.15, 0.2) is 23.4 Å². The molecule has 5 rings (SSSR count). The smallest absolute Gasteiger partial charge is 0.226 e. The third-order valence-electron chi connectivity index (χ3n) is 12.3. The summed E-state index contributed by atoms with van der Waals surface area (Å²) in [6.07, 6.45) is 9.36. The van der Waals surface area contributed by atoms with Crippen molar-refractivity contribution in [1.29, 1.82) is 0 Å². The standard InChI is InChI=1S/C32H44N2O3/c1-28(2)12-10-18-19(15-28)25-22(35)14-24-30(5)17-21(33-8)26(36)29(3,4)23(30)11-13-31(24,6)32(25,7)16-20(18)27(37)34-9/h14,17-20,23,25H,10-13,15-16H2,1-7,9H3,(H,34,37)/t18?,19?,20-,23-,25?,30-,31+,32+/m0/s1. The maximum Gasteiger partial charge on any atom is 0.226 e. The first-order valence-electron chi connectivity index (χ1n) is 14.2. The van der Waals surface area contributed by atoms with Crippen molar-refractivity contribution >= 4 is 17.5 Å². The molecule has 5 nitrogen and oxygen atoms in total. The lowest BCUT2D eigenvalue weighted by Gasteiger charge is -2.68. The summed E-state index contributed by atoms with van der Waals surface area (Å²) in [6, 6.07) is 0. The van der Waals surface area contributed by atoms with Crippen LogP contribution < -0.4 is 5.32 Å². The molecule has 0 aromatic rings. The molecule has 0 bridgehead atoms. The molecule has 0 spiro atoms. The van der Waals surface area contributed by atoms with Gasteiger partial charge in [-0.15, -0.1) is 0 Å². The zero-order valence-electron chi connectivity index (χ0n) is 24.0. The zero-order valence-corrected chi connectivity index (χ0v) is 24.0. The van der Waals surface area contributed by atoms with Crippen LogP contribution in [0, 0.1) is 63.2 Å². The number of amides is 1. The summed E-state index contributed by atoms with van der Waals surface area (Å²) in [6.45, 7) is 23.1. The highest BCUT2D eigenvalue weighted by atomic mass is 16.2. The van der Waals surface area contributed by atoms with E-state index in [0.717, 1.165) is 37.7 Å². The molecular formula is C32H44N2O3. The number of Topliss-reactive ketones (excluding diaryl/α,β-unsaturated/α-hetero) is 1. The molecule has 0 radical (unpaired) electrons. The van der Waals surface area contributed by atoms with E-state index in [0.29, 0.717) is 6.42 Å². The van der Waals surface area contributed by atoms with Crippen LogP contribution in [0.4, 0.5) is 0 Å². The maximum absolute atomic E-state index is 14.3. The molecule has 5 aliphatic rings. The summed E-state index contributed by atoms with van der Waals surface area (Å²) in [5.74, 6) is 0.495. The van der Waals surface area contributed by atoms with E-state index < -0.39 is 10.8 Å². The van der Waals surface area contributed by atoms with Crippen molar-refractivity contribution in [1.82, 2.24) is 5.32 Å². The molecule has 0 aromatic carbocycles. The first-order valence-corrected chi connectivity index (χ1v) is 14.2. The van der Waals surface area contributed by atoms with Gasteiger partial charge in [0.05, 0.1) is 6.57 Å². The molecule has 8 atom stereocenters. The second-order valence-electron chi connectivity index (χ2n) is 14.9. The van der Waals surface area contributed by atoms with Crippen LogP contribution >= 0.6 is 0 Å². The second-order valence-corrected chi connectivity index (χ2v) is 14.9. The molecule has 0 aromatic heterocycles. The van der Waals surface area contributed by atoms with Crippen LogP contribution in [0.3, 0.4) is 0 Å². The molecular weight excluding hydrogens is 460 g/mol. The van der Waals surface area contributed by atoms with Crippen LogP contribution in [0.1, 0.15) is 87.0 Å². The first-order chi connectivity index (χ1) is 17.1. The fraction of sp³-hybridized carbons (Fsp3) is 0.750. The monoisotopic (exact) mass is 504 g/mol. The Kier molecular flexibility index (Phi) is 5.64. The van der Waals surface area contributed by atoms with Gasteiger partial charge < -0.3 is 10.1 Å². The van der Waals surface area contributed by atoms with Crippen LogP contribution in [-0.4, -0.2) is 24.5 Å². The number of nitrogens with one attached hydrogen (secondary N) is 1. The van der Waals surface area contributed by atoms with Crippen LogP contribution in [-0.2, 0) is 14.4 Å². The van der Waals surface area contributed by atoms with E-state index in [1.54, 1.807) is 7.05 Å². The summed E-state index contributed by atoms with van der Waals surface area (Å²) in [5, 5.41) is 2.96. The molecule has 1 amide bonds. The van der Waals surface area contributed by atoms with Gasteiger partial charge in [-0.25, -0.2) is 4.85 Å². The number of hydrogen-bond donors (Lipinski definition) is 1. The molecule has 3 fully saturated rings. The summed E-state index contributed by atoms with van der Waals surface area (Å²) in [4.78, 5) is 44.5. The van der Waals surface area contributed by atoms with Crippen LogP contribution in [0.25, 0.3) is 4.85 Å². The molecule has 0 aliphatic heterocycles. The summed E-state index contributed by atoms with van der Waals surface area (Å²) in [7, 11) is 1.74. The number of fused-ring (bicyclic) bond motifs is 7. The van der Waals surface area contributed by atoms with Crippen LogP contribution in [0.2, 0.25) is 0 Å². The highest BCUT2D eigenvalue weighted by Gasteiger charge is 2.69. The molecule has 37 heavy (non-hydrogen) atoms. The molecule has 5 aliphatic carbocycles. The summed E-state index contributed by atoms with van der Waals surface area (Å²) >= 11 is 0. The SMILES string of the molecule is [C-]#[N+]C1=C[C@]2(C)C3=CC(=O)C4C5CC(C)(C)CCC5[C@@H](C(=O)NC)C[C@@]4(C)[C@]3(C)CC[C@H]2C(C)(C)C1=O. The predicted molar refractivity (Wildman–Crippen MR) is 144 cm³/mol. The quantitative estimate of drug-likeness (QED) is 0.435. The molecule has 1 N–H and O–H groups in total. The van der Waals surface area contributed by atoms with Gasteiger partial charge in [-0.3, -0.25) is 9.59 Å². The molecule has 3 saturated carbocycles. The Bertz CT molecular complexity index is 1180. The van der Waals surface area contributed by atoms with E-state index in [2.05, 4.69) is 44.8 Å². The highest BCUT2D eigenvalue weighted by molar-refractivity contribution is 6.03. The van der Waals surface area contributed by atoms with E-state index in [9.17, 15) is 14.4 Å². The molecule has 200 valence electrons. The Morgan fingerprint density at radius 1 is 1.00 bits per heavy atom. The van der Waals surface area contributed by atoms with E-state index in [-0.39, 0.29) is 69.0 Å². The number of carbonyl (C=O) groups excluding carboxylic acids is 3. The number of allylic oxidation sites excluding steroid dienone is 4. The lowest BCUT2D eigenvalue weighted by Crippen LogP contribution is -2.65. The maximum atomic E-state index is 14.3. The minimum absolute atomic E-state index is 0.0324. The lowest BCUT2D eigenvalue weighted by molar-refractivity contribution is -0.170. The van der Waals surface area contributed by atoms with Gasteiger partial charge in [0.2, 0.25) is 11.6 Å². The topological polar surface area (TPSA) is 67.6 Å². The number of carbonyl (C=O) groups is 3. The Labute approximate surface area is 222 Å². The molecule has 0 heterocycles.